The van der Waals surface area contributed by atoms with Crippen molar-refractivity contribution < 1.29 is 9.59 Å². The number of allylic oxidation sites excluding steroid dienone is 1. The van der Waals surface area contributed by atoms with Crippen LogP contribution in [0.15, 0.2) is 11.6 Å². The number of nitrogens with zero attached hydrogens (tertiary/aromatic N) is 1. The minimum Gasteiger partial charge on any atom is -0.343 e. The smallest absolute Gasteiger partial charge is 0.315 e. The molecule has 0 radical (unpaired) electrons. The van der Waals surface area contributed by atoms with Gasteiger partial charge in [0.2, 0.25) is 5.91 Å². The van der Waals surface area contributed by atoms with E-state index in [0.717, 1.165) is 51.6 Å². The number of piperidine rings is 1. The van der Waals surface area contributed by atoms with Gasteiger partial charge in [-0.25, -0.2) is 4.79 Å². The van der Waals surface area contributed by atoms with Gasteiger partial charge in [-0.15, -0.1) is 0 Å². The fourth-order valence-corrected chi connectivity index (χ4v) is 4.23. The molecule has 24 heavy (non-hydrogen) atoms. The predicted molar refractivity (Wildman–Crippen MR) is 96.7 cm³/mol. The number of likely N-dealkylation sites (tertiary alicyclic amines) is 1. The van der Waals surface area contributed by atoms with Gasteiger partial charge < -0.3 is 15.5 Å². The largest absolute Gasteiger partial charge is 0.343 e. The normalized spacial score (nSPS) is 28.2. The molecule has 0 aromatic rings. The predicted octanol–water partition coefficient (Wildman–Crippen LogP) is 3.21. The summed E-state index contributed by atoms with van der Waals surface area (Å²) in [5, 5.41) is 6.33. The van der Waals surface area contributed by atoms with Gasteiger partial charge in [0.1, 0.15) is 0 Å². The molecule has 2 atom stereocenters. The van der Waals surface area contributed by atoms with E-state index in [9.17, 15) is 9.59 Å². The Hall–Kier alpha value is -1.52. The molecule has 2 unspecified atom stereocenters. The number of urea groups is 1. The van der Waals surface area contributed by atoms with Crippen LogP contribution in [0.5, 0.6) is 0 Å². The number of nitrogens with one attached hydrogen (secondary N) is 2. The first-order valence-electron chi connectivity index (χ1n) is 9.35. The minimum absolute atomic E-state index is 0.0660. The second-order valence-corrected chi connectivity index (χ2v) is 7.87. The highest BCUT2D eigenvalue weighted by molar-refractivity contribution is 5.75. The van der Waals surface area contributed by atoms with Crippen LogP contribution in [0.2, 0.25) is 0 Å². The first-order valence-corrected chi connectivity index (χ1v) is 9.35. The molecule has 0 aromatic heterocycles. The van der Waals surface area contributed by atoms with E-state index in [0.29, 0.717) is 5.92 Å². The molecule has 0 aromatic carbocycles. The van der Waals surface area contributed by atoms with Gasteiger partial charge >= 0.3 is 6.03 Å². The lowest BCUT2D eigenvalue weighted by molar-refractivity contribution is -0.129. The molecule has 5 heteroatoms. The molecule has 2 aliphatic rings. The first-order chi connectivity index (χ1) is 11.3. The fourth-order valence-electron chi connectivity index (χ4n) is 4.23. The van der Waals surface area contributed by atoms with E-state index in [4.69, 9.17) is 0 Å². The zero-order valence-electron chi connectivity index (χ0n) is 15.7. The lowest BCUT2D eigenvalue weighted by atomic mass is 9.77. The Kier molecular flexibility index (Phi) is 6.30. The van der Waals surface area contributed by atoms with Crippen molar-refractivity contribution in [3.63, 3.8) is 0 Å². The van der Waals surface area contributed by atoms with Crippen LogP contribution in [0.1, 0.15) is 66.2 Å². The molecule has 1 fully saturated rings. The number of hydrogen-bond donors (Lipinski definition) is 2. The van der Waals surface area contributed by atoms with E-state index in [1.54, 1.807) is 6.92 Å². The highest BCUT2D eigenvalue weighted by Crippen LogP contribution is 2.33. The van der Waals surface area contributed by atoms with Crippen LogP contribution in [-0.2, 0) is 4.79 Å². The Balaban J connectivity index is 1.84. The average Bonchev–Trinajstić information content (AvgIpc) is 2.46. The molecular weight excluding hydrogens is 302 g/mol. The van der Waals surface area contributed by atoms with Gasteiger partial charge in [0.05, 0.1) is 0 Å². The maximum atomic E-state index is 12.4. The quantitative estimate of drug-likeness (QED) is 0.775. The molecular formula is C19H33N3O2. The van der Waals surface area contributed by atoms with Crippen molar-refractivity contribution in [2.75, 3.05) is 13.1 Å². The van der Waals surface area contributed by atoms with Crippen molar-refractivity contribution in [1.82, 2.24) is 15.5 Å². The molecule has 1 heterocycles. The summed E-state index contributed by atoms with van der Waals surface area (Å²) in [5.74, 6) is 0.626. The third-order valence-corrected chi connectivity index (χ3v) is 5.17. The lowest BCUT2D eigenvalue weighted by Crippen LogP contribution is -2.55. The molecule has 3 amide bonds. The van der Waals surface area contributed by atoms with Crippen molar-refractivity contribution in [2.24, 2.45) is 5.92 Å². The Morgan fingerprint density at radius 2 is 2.00 bits per heavy atom. The van der Waals surface area contributed by atoms with Gasteiger partial charge in [-0.05, 0) is 44.9 Å². The van der Waals surface area contributed by atoms with Gasteiger partial charge in [0.15, 0.2) is 0 Å². The standard InChI is InChI=1S/C19H33N3O2/c1-5-6-16-11-14(2)12-19(4,13-16)21-18(24)20-17-7-9-22(10-8-17)15(3)23/h11,14,17H,5-10,12-13H2,1-4H3,(H2,20,21,24). The van der Waals surface area contributed by atoms with Gasteiger partial charge in [-0.3, -0.25) is 4.79 Å². The van der Waals surface area contributed by atoms with Gasteiger partial charge in [0, 0.05) is 31.6 Å². The summed E-state index contributed by atoms with van der Waals surface area (Å²) in [6.07, 6.45) is 8.24. The van der Waals surface area contributed by atoms with E-state index in [2.05, 4.69) is 37.5 Å². The van der Waals surface area contributed by atoms with E-state index < -0.39 is 0 Å². The Labute approximate surface area is 146 Å². The summed E-state index contributed by atoms with van der Waals surface area (Å²) in [7, 11) is 0. The summed E-state index contributed by atoms with van der Waals surface area (Å²) in [5.41, 5.74) is 1.30. The summed E-state index contributed by atoms with van der Waals surface area (Å²) >= 11 is 0. The molecule has 2 N–H and O–H groups in total. The third kappa shape index (κ3) is 5.25. The zero-order chi connectivity index (χ0) is 17.7. The maximum Gasteiger partial charge on any atom is 0.315 e. The molecule has 5 nitrogen and oxygen atoms in total. The van der Waals surface area contributed by atoms with E-state index >= 15 is 0 Å². The molecule has 0 saturated carbocycles. The minimum atomic E-state index is -0.164. The van der Waals surface area contributed by atoms with Crippen LogP contribution < -0.4 is 10.6 Å². The van der Waals surface area contributed by atoms with Crippen molar-refractivity contribution in [1.29, 1.82) is 0 Å². The summed E-state index contributed by atoms with van der Waals surface area (Å²) < 4.78 is 0. The van der Waals surface area contributed by atoms with Crippen LogP contribution in [0.25, 0.3) is 0 Å². The SMILES string of the molecule is CCCC1=CC(C)CC(C)(NC(=O)NC2CCN(C(C)=O)CC2)C1. The fraction of sp³-hybridized carbons (Fsp3) is 0.789. The van der Waals surface area contributed by atoms with Gasteiger partial charge in [-0.2, -0.15) is 0 Å². The van der Waals surface area contributed by atoms with Crippen LogP contribution in [0.4, 0.5) is 4.79 Å². The van der Waals surface area contributed by atoms with Crippen LogP contribution in [0.3, 0.4) is 0 Å². The van der Waals surface area contributed by atoms with E-state index in [1.807, 2.05) is 4.90 Å². The monoisotopic (exact) mass is 335 g/mol. The lowest BCUT2D eigenvalue weighted by Gasteiger charge is -2.38. The van der Waals surface area contributed by atoms with Crippen LogP contribution in [0, 0.1) is 5.92 Å². The molecule has 1 aliphatic heterocycles. The molecule has 2 rings (SSSR count). The highest BCUT2D eigenvalue weighted by Gasteiger charge is 2.33. The number of amides is 3. The summed E-state index contributed by atoms with van der Waals surface area (Å²) in [6, 6.07) is 0.0968. The number of carbonyl (C=O) groups is 2. The molecule has 1 aliphatic carbocycles. The average molecular weight is 335 g/mol. The Morgan fingerprint density at radius 1 is 1.33 bits per heavy atom. The van der Waals surface area contributed by atoms with E-state index in [1.165, 1.54) is 5.57 Å². The molecule has 0 bridgehead atoms. The molecule has 1 saturated heterocycles. The highest BCUT2D eigenvalue weighted by atomic mass is 16.2. The van der Waals surface area contributed by atoms with Gasteiger partial charge in [0.25, 0.3) is 0 Å². The molecule has 136 valence electrons. The van der Waals surface area contributed by atoms with Crippen molar-refractivity contribution in [2.45, 2.75) is 77.8 Å². The zero-order valence-corrected chi connectivity index (χ0v) is 15.7. The van der Waals surface area contributed by atoms with Crippen molar-refractivity contribution in [3.8, 4) is 0 Å². The number of hydrogen-bond acceptors (Lipinski definition) is 2. The third-order valence-electron chi connectivity index (χ3n) is 5.17. The summed E-state index contributed by atoms with van der Waals surface area (Å²) in [6.45, 7) is 9.65. The Morgan fingerprint density at radius 3 is 2.58 bits per heavy atom. The topological polar surface area (TPSA) is 61.4 Å². The number of carbonyl (C=O) groups excluding carboxylic acids is 2. The van der Waals surface area contributed by atoms with Crippen LogP contribution in [-0.4, -0.2) is 41.5 Å². The second kappa shape index (κ2) is 8.04. The van der Waals surface area contributed by atoms with Crippen LogP contribution >= 0.6 is 0 Å². The van der Waals surface area contributed by atoms with Crippen molar-refractivity contribution >= 4 is 11.9 Å². The number of rotatable bonds is 4. The molecule has 0 spiro atoms. The first kappa shape index (κ1) is 18.8. The van der Waals surface area contributed by atoms with E-state index in [-0.39, 0.29) is 23.5 Å². The summed E-state index contributed by atoms with van der Waals surface area (Å²) in [4.78, 5) is 25.7. The second-order valence-electron chi connectivity index (χ2n) is 7.87. The van der Waals surface area contributed by atoms with Crippen molar-refractivity contribution in [3.05, 3.63) is 11.6 Å². The van der Waals surface area contributed by atoms with Gasteiger partial charge in [-0.1, -0.05) is 31.9 Å². The Bertz CT molecular complexity index is 495. The maximum absolute atomic E-state index is 12.4.